The molecule has 0 saturated heterocycles. The van der Waals surface area contributed by atoms with E-state index in [9.17, 15) is 88.0 Å². The molecule has 29 heavy (non-hydrogen) atoms. The Morgan fingerprint density at radius 3 is 0.793 bits per heavy atom. The van der Waals surface area contributed by atoms with Crippen LogP contribution in [0.4, 0.5) is 88.0 Å². The van der Waals surface area contributed by atoms with E-state index < -0.39 is 53.1 Å². The van der Waals surface area contributed by atoms with Crippen molar-refractivity contribution in [3.8, 4) is 0 Å². The van der Waals surface area contributed by atoms with Crippen LogP contribution in [0.5, 0.6) is 0 Å². The smallest absolute Gasteiger partial charge is 0.216 e. The molecule has 0 aliphatic rings. The Morgan fingerprint density at radius 2 is 0.586 bits per heavy atom. The zero-order valence-electron chi connectivity index (χ0n) is 12.0. The second-order valence-corrected chi connectivity index (χ2v) is 4.90. The summed E-state index contributed by atoms with van der Waals surface area (Å²) in [5.74, 6) is -17.5. The molecule has 0 aromatic carbocycles. The Kier molecular flexibility index (Phi) is 5.97. The summed E-state index contributed by atoms with van der Waals surface area (Å²) in [6.45, 7) is 0. The molecular weight excluding hydrogens is 490 g/mol. The zero-order chi connectivity index (χ0) is 24.5. The maximum absolute atomic E-state index is 13.1. The van der Waals surface area contributed by atoms with Gasteiger partial charge < -0.3 is 0 Å². The molecule has 21 heteroatoms. The first-order chi connectivity index (χ1) is 12.0. The first-order valence-electron chi connectivity index (χ1n) is 5.69. The number of nitrogens with zero attached hydrogens (tertiary/aromatic N) is 1. The van der Waals surface area contributed by atoms with Gasteiger partial charge in [-0.1, -0.05) is 0 Å². The normalized spacial score (nSPS) is 17.0. The molecule has 1 nitrogen and oxygen atoms in total. The van der Waals surface area contributed by atoms with Gasteiger partial charge in [0.1, 0.15) is 0 Å². The average molecular weight is 490 g/mol. The molecule has 0 atom stereocenters. The second kappa shape index (κ2) is 6.28. The molecule has 0 aromatic heterocycles. The van der Waals surface area contributed by atoms with Crippen molar-refractivity contribution in [2.24, 2.45) is 0 Å². The van der Waals surface area contributed by atoms with Crippen LogP contribution in [0.15, 0.2) is 0 Å². The molecule has 0 rings (SSSR count). The van der Waals surface area contributed by atoms with Crippen LogP contribution in [-0.4, -0.2) is 53.1 Å². The van der Waals surface area contributed by atoms with E-state index in [0.29, 0.717) is 0 Å². The molecule has 0 bridgehead atoms. The average Bonchev–Trinajstić information content (AvgIpc) is 2.41. The summed E-state index contributed by atoms with van der Waals surface area (Å²) in [5.41, 5.74) is -8.80. The number of halogens is 20. The molecule has 0 aliphatic heterocycles. The molecule has 0 aliphatic carbocycles. The zero-order valence-corrected chi connectivity index (χ0v) is 12.0. The highest BCUT2D eigenvalue weighted by atomic mass is 19.5. The van der Waals surface area contributed by atoms with E-state index in [1.807, 2.05) is 0 Å². The topological polar surface area (TPSA) is 0 Å². The Bertz CT molecular complexity index is 587. The summed E-state index contributed by atoms with van der Waals surface area (Å²) >= 11 is 0. The Morgan fingerprint density at radius 1 is 0.345 bits per heavy atom. The first-order valence-corrected chi connectivity index (χ1v) is 5.69. The third-order valence-electron chi connectivity index (χ3n) is 3.03. The van der Waals surface area contributed by atoms with Crippen molar-refractivity contribution in [2.75, 3.05) is 0 Å². The monoisotopic (exact) mass is 490 g/mol. The second-order valence-electron chi connectivity index (χ2n) is 4.90. The number of hydrogen-bond acceptors (Lipinski definition) is 0. The van der Waals surface area contributed by atoms with E-state index in [0.717, 1.165) is 0 Å². The van der Waals surface area contributed by atoms with Gasteiger partial charge in [0.2, 0.25) is 0 Å². The van der Waals surface area contributed by atoms with Crippen LogP contribution in [0.2, 0.25) is 0 Å². The van der Waals surface area contributed by atoms with Gasteiger partial charge in [-0.15, -0.1) is 17.6 Å². The summed E-state index contributed by atoms with van der Waals surface area (Å²) in [6.07, 6.45) is -24.6. The predicted octanol–water partition coefficient (Wildman–Crippen LogP) is 6.42. The van der Waals surface area contributed by atoms with E-state index in [4.69, 9.17) is 0 Å². The molecule has 0 N–H and O–H groups in total. The lowest BCUT2D eigenvalue weighted by atomic mass is 9.93. The van der Waals surface area contributed by atoms with Gasteiger partial charge >= 0.3 is 48.1 Å². The van der Waals surface area contributed by atoms with Crippen molar-refractivity contribution in [3.63, 3.8) is 0 Å². The third-order valence-corrected chi connectivity index (χ3v) is 3.03. The number of hydrogen-bond donors (Lipinski definition) is 0. The van der Waals surface area contributed by atoms with Crippen molar-refractivity contribution in [2.45, 2.75) is 48.1 Å². The Hall–Kier alpha value is -1.44. The largest absolute Gasteiger partial charge is 0.544 e. The molecule has 0 fully saturated rings. The SMILES string of the molecule is FC(F)(F)C(F)(F)C(F)(F)[N+](F)(F)C(F)(F)C(F)(F)C(F)(C(F)(F)F)C(F)(F)F. The summed E-state index contributed by atoms with van der Waals surface area (Å²) in [5, 5.41) is 0. The fraction of sp³-hybridized carbons (Fsp3) is 1.00. The van der Waals surface area contributed by atoms with E-state index in [1.165, 1.54) is 0 Å². The lowest BCUT2D eigenvalue weighted by molar-refractivity contribution is -1.28. The molecule has 0 heterocycles. The Balaban J connectivity index is 7.04. The van der Waals surface area contributed by atoms with E-state index >= 15 is 0 Å². The summed E-state index contributed by atoms with van der Waals surface area (Å²) in [7, 11) is 0. The molecule has 0 unspecified atom stereocenters. The number of alkyl halides is 18. The minimum atomic E-state index is -9.18. The maximum Gasteiger partial charge on any atom is 0.544 e. The van der Waals surface area contributed by atoms with Crippen LogP contribution in [0.1, 0.15) is 0 Å². The van der Waals surface area contributed by atoms with Gasteiger partial charge in [-0.2, -0.15) is 57.1 Å². The highest BCUT2D eigenvalue weighted by molar-refractivity contribution is 5.09. The molecule has 0 aromatic rings. The van der Waals surface area contributed by atoms with Crippen LogP contribution in [0.25, 0.3) is 0 Å². The fourth-order valence-corrected chi connectivity index (χ4v) is 1.42. The van der Waals surface area contributed by atoms with Crippen LogP contribution < -0.4 is 0 Å². The van der Waals surface area contributed by atoms with Crippen LogP contribution in [0, 0.1) is 0 Å². The molecule has 0 amide bonds. The number of rotatable bonds is 5. The van der Waals surface area contributed by atoms with Gasteiger partial charge in [-0.05, 0) is 0 Å². The summed E-state index contributed by atoms with van der Waals surface area (Å²) < 4.78 is 249. The molecule has 0 radical (unpaired) electrons. The summed E-state index contributed by atoms with van der Waals surface area (Å²) in [4.78, 5) is -8.16. The highest BCUT2D eigenvalue weighted by Crippen LogP contribution is 2.64. The van der Waals surface area contributed by atoms with Gasteiger partial charge in [-0.3, -0.25) is 0 Å². The Labute approximate surface area is 142 Å². The van der Waals surface area contributed by atoms with Crippen LogP contribution in [0.3, 0.4) is 0 Å². The molecular formula is C8F20N+. The lowest BCUT2D eigenvalue weighted by Gasteiger charge is -2.40. The minimum Gasteiger partial charge on any atom is -0.216 e. The van der Waals surface area contributed by atoms with Gasteiger partial charge in [-0.25, -0.2) is 4.39 Å². The van der Waals surface area contributed by atoms with Crippen LogP contribution in [-0.2, 0) is 0 Å². The highest BCUT2D eigenvalue weighted by Gasteiger charge is 3.02. The fourth-order valence-electron chi connectivity index (χ4n) is 1.42. The third kappa shape index (κ3) is 3.22. The number of quaternary nitrogens is 1. The van der Waals surface area contributed by atoms with Crippen molar-refractivity contribution >= 4 is 0 Å². The van der Waals surface area contributed by atoms with E-state index in [-0.39, 0.29) is 0 Å². The molecule has 0 saturated carbocycles. The maximum atomic E-state index is 13.1. The standard InChI is InChI=1S/C8F20N/c9-1(4(14,15)16,5(17,18)19)2(10,11)7(23,24)29(27,28)8(25,26)3(12,13)6(20,21)22/q+1. The van der Waals surface area contributed by atoms with Crippen molar-refractivity contribution in [1.29, 1.82) is 0 Å². The predicted molar refractivity (Wildman–Crippen MR) is 44.3 cm³/mol. The molecule has 0 spiro atoms. The van der Waals surface area contributed by atoms with E-state index in [2.05, 4.69) is 0 Å². The molecule has 176 valence electrons. The van der Waals surface area contributed by atoms with E-state index in [1.54, 1.807) is 0 Å². The van der Waals surface area contributed by atoms with Gasteiger partial charge in [0, 0.05) is 0 Å². The van der Waals surface area contributed by atoms with Gasteiger partial charge in [0.15, 0.2) is 4.93 Å². The first kappa shape index (κ1) is 27.6. The van der Waals surface area contributed by atoms with Crippen molar-refractivity contribution in [1.82, 2.24) is 0 Å². The minimum absolute atomic E-state index is 7.97. The van der Waals surface area contributed by atoms with Gasteiger partial charge in [0.25, 0.3) is 0 Å². The van der Waals surface area contributed by atoms with Crippen molar-refractivity contribution < 1.29 is 92.9 Å². The van der Waals surface area contributed by atoms with Crippen molar-refractivity contribution in [3.05, 3.63) is 0 Å². The van der Waals surface area contributed by atoms with Crippen LogP contribution >= 0.6 is 0 Å². The van der Waals surface area contributed by atoms with Gasteiger partial charge in [0.05, 0.1) is 8.96 Å². The summed E-state index contributed by atoms with van der Waals surface area (Å²) in [6, 6.07) is -18.0. The lowest BCUT2D eigenvalue weighted by Crippen LogP contribution is -2.79. The quantitative estimate of drug-likeness (QED) is 0.237.